The summed E-state index contributed by atoms with van der Waals surface area (Å²) in [6.07, 6.45) is 2.73. The summed E-state index contributed by atoms with van der Waals surface area (Å²) in [5.41, 5.74) is 0. The van der Waals surface area contributed by atoms with Gasteiger partial charge in [-0.2, -0.15) is 0 Å². The monoisotopic (exact) mass is 975 g/mol. The number of hydrogen-bond acceptors (Lipinski definition) is 14. The van der Waals surface area contributed by atoms with E-state index >= 15 is 0 Å². The SMILES string of the molecule is C.C.C.C.C.C.C.C.C.C.C.C.CCCOCCOCCNC(=O)CCC(NC(=O)CCOCCOC(COCCOCCC)COCCOCCC)C(=O)NCCOCCOCCNC. The number of carbonyl (C=O) groups excluding carboxylic acids is 3. The first-order valence-electron chi connectivity index (χ1n) is 19.8. The number of nitrogens with one attached hydrogen (secondary N) is 4. The first-order valence-corrected chi connectivity index (χ1v) is 19.8. The van der Waals surface area contributed by atoms with Gasteiger partial charge in [-0.1, -0.05) is 110 Å². The fraction of sp³-hybridized carbons (Fsp3) is 0.939. The van der Waals surface area contributed by atoms with Gasteiger partial charge in [0.05, 0.1) is 106 Å². The molecule has 416 valence electrons. The number of hydrogen-bond donors (Lipinski definition) is 4. The summed E-state index contributed by atoms with van der Waals surface area (Å²) in [5, 5.41) is 11.3. The smallest absolute Gasteiger partial charge is 0.242 e. The molecule has 0 spiro atoms. The van der Waals surface area contributed by atoms with Crippen LogP contribution < -0.4 is 21.3 Å². The molecule has 0 aromatic heterocycles. The van der Waals surface area contributed by atoms with E-state index in [0.717, 1.165) is 25.8 Å². The van der Waals surface area contributed by atoms with Crippen molar-refractivity contribution in [1.82, 2.24) is 21.3 Å². The Labute approximate surface area is 412 Å². The summed E-state index contributed by atoms with van der Waals surface area (Å²) in [6.45, 7) is 15.8. The van der Waals surface area contributed by atoms with Crippen LogP contribution in [0, 0.1) is 0 Å². The van der Waals surface area contributed by atoms with Crippen LogP contribution in [0.3, 0.4) is 0 Å². The standard InChI is InChI=1S/C37H74N4O13.12CH4/c1-5-14-45-21-22-50-19-12-39-35(42)9-8-34(37(44)40-13-20-51-24-23-49-18-11-38-4)41-36(43)10-17-48-29-30-54-33(31-52-27-25-46-15-6-2)32-53-28-26-47-16-7-3;;;;;;;;;;;;/h33-34,38H,5-32H2,1-4H3,(H,39,42)(H,40,44)(H,41,43);12*1H4. The van der Waals surface area contributed by atoms with Gasteiger partial charge in [-0.25, -0.2) is 0 Å². The third kappa shape index (κ3) is 71.0. The lowest BCUT2D eigenvalue weighted by molar-refractivity contribution is -0.130. The molecule has 0 fully saturated rings. The van der Waals surface area contributed by atoms with E-state index in [0.29, 0.717) is 106 Å². The molecule has 0 bridgehead atoms. The Morgan fingerprint density at radius 1 is 0.394 bits per heavy atom. The van der Waals surface area contributed by atoms with Crippen molar-refractivity contribution in [2.45, 2.75) is 161 Å². The van der Waals surface area contributed by atoms with Crippen LogP contribution >= 0.6 is 0 Å². The molecule has 0 rings (SSSR count). The second-order valence-electron chi connectivity index (χ2n) is 12.1. The lowest BCUT2D eigenvalue weighted by Gasteiger charge is -2.19. The van der Waals surface area contributed by atoms with Gasteiger partial charge < -0.3 is 68.6 Å². The molecule has 1 unspecified atom stereocenters. The van der Waals surface area contributed by atoms with E-state index in [1.807, 2.05) is 14.0 Å². The predicted octanol–water partition coefficient (Wildman–Crippen LogP) is 8.49. The Morgan fingerprint density at radius 2 is 0.758 bits per heavy atom. The number of amides is 3. The summed E-state index contributed by atoms with van der Waals surface area (Å²) in [6, 6.07) is -0.913. The van der Waals surface area contributed by atoms with Crippen molar-refractivity contribution in [2.75, 3.05) is 152 Å². The van der Waals surface area contributed by atoms with E-state index in [4.69, 9.17) is 47.4 Å². The van der Waals surface area contributed by atoms with Crippen LogP contribution in [-0.4, -0.2) is 182 Å². The Bertz CT molecular complexity index is 838. The molecule has 0 aliphatic carbocycles. The first-order chi connectivity index (χ1) is 26.5. The molecule has 0 saturated carbocycles. The highest BCUT2D eigenvalue weighted by Gasteiger charge is 2.21. The van der Waals surface area contributed by atoms with Gasteiger partial charge in [-0.3, -0.25) is 14.4 Å². The molecular formula is C49H122N4O13. The van der Waals surface area contributed by atoms with E-state index in [2.05, 4.69) is 35.1 Å². The second-order valence-corrected chi connectivity index (χ2v) is 12.1. The lowest BCUT2D eigenvalue weighted by atomic mass is 10.1. The van der Waals surface area contributed by atoms with Crippen molar-refractivity contribution in [3.05, 3.63) is 0 Å². The zero-order valence-corrected chi connectivity index (χ0v) is 33.8. The minimum Gasteiger partial charge on any atom is -0.379 e. The number of likely N-dealkylation sites (N-methyl/N-ethyl adjacent to an activating group) is 1. The van der Waals surface area contributed by atoms with Gasteiger partial charge in [0, 0.05) is 52.3 Å². The summed E-state index contributed by atoms with van der Waals surface area (Å²) in [7, 11) is 1.85. The highest BCUT2D eigenvalue weighted by molar-refractivity contribution is 5.88. The van der Waals surface area contributed by atoms with Crippen molar-refractivity contribution in [3.8, 4) is 0 Å². The van der Waals surface area contributed by atoms with Gasteiger partial charge in [0.25, 0.3) is 0 Å². The highest BCUT2D eigenvalue weighted by Crippen LogP contribution is 2.01. The topological polar surface area (TPSA) is 192 Å². The average molecular weight is 976 g/mol. The van der Waals surface area contributed by atoms with Gasteiger partial charge in [0.1, 0.15) is 12.1 Å². The van der Waals surface area contributed by atoms with Crippen molar-refractivity contribution < 1.29 is 61.8 Å². The van der Waals surface area contributed by atoms with Gasteiger partial charge in [-0.05, 0) is 32.7 Å². The van der Waals surface area contributed by atoms with E-state index in [9.17, 15) is 14.4 Å². The van der Waals surface area contributed by atoms with E-state index in [1.165, 1.54) is 0 Å². The summed E-state index contributed by atoms with van der Waals surface area (Å²) in [5.74, 6) is -1.03. The molecule has 0 heterocycles. The van der Waals surface area contributed by atoms with Crippen molar-refractivity contribution in [3.63, 3.8) is 0 Å². The van der Waals surface area contributed by atoms with Crippen molar-refractivity contribution >= 4 is 17.7 Å². The number of rotatable bonds is 43. The largest absolute Gasteiger partial charge is 0.379 e. The van der Waals surface area contributed by atoms with Crippen LogP contribution in [-0.2, 0) is 61.8 Å². The van der Waals surface area contributed by atoms with Gasteiger partial charge in [0.15, 0.2) is 0 Å². The number of ether oxygens (including phenoxy) is 10. The van der Waals surface area contributed by atoms with Crippen molar-refractivity contribution in [2.24, 2.45) is 0 Å². The molecule has 4 N–H and O–H groups in total. The van der Waals surface area contributed by atoms with Crippen LogP contribution in [0.5, 0.6) is 0 Å². The normalized spacial score (nSPS) is 9.77. The van der Waals surface area contributed by atoms with Gasteiger partial charge in [-0.15, -0.1) is 0 Å². The Kier molecular flexibility index (Phi) is 118. The molecule has 17 heteroatoms. The molecule has 3 amide bonds. The third-order valence-corrected chi connectivity index (χ3v) is 7.12. The van der Waals surface area contributed by atoms with E-state index in [1.54, 1.807) is 0 Å². The third-order valence-electron chi connectivity index (χ3n) is 7.12. The quantitative estimate of drug-likeness (QED) is 0.0426. The van der Waals surface area contributed by atoms with Crippen LogP contribution in [0.15, 0.2) is 0 Å². The first kappa shape index (κ1) is 97.6. The zero-order valence-electron chi connectivity index (χ0n) is 33.8. The summed E-state index contributed by atoms with van der Waals surface area (Å²) >= 11 is 0. The minimum atomic E-state index is -0.913. The summed E-state index contributed by atoms with van der Waals surface area (Å²) < 4.78 is 55.6. The fourth-order valence-electron chi connectivity index (χ4n) is 4.34. The van der Waals surface area contributed by atoms with E-state index < -0.39 is 11.9 Å². The van der Waals surface area contributed by atoms with Crippen LogP contribution in [0.4, 0.5) is 0 Å². The lowest BCUT2D eigenvalue weighted by Crippen LogP contribution is -2.48. The molecule has 0 saturated heterocycles. The molecule has 66 heavy (non-hydrogen) atoms. The van der Waals surface area contributed by atoms with E-state index in [-0.39, 0.29) is 159 Å². The van der Waals surface area contributed by atoms with Crippen LogP contribution in [0.1, 0.15) is 148 Å². The number of carbonyl (C=O) groups is 3. The van der Waals surface area contributed by atoms with Gasteiger partial charge in [0.2, 0.25) is 17.7 Å². The molecule has 0 aromatic carbocycles. The molecule has 1 atom stereocenters. The average Bonchev–Trinajstić information content (AvgIpc) is 3.17. The van der Waals surface area contributed by atoms with Crippen LogP contribution in [0.25, 0.3) is 0 Å². The molecule has 0 radical (unpaired) electrons. The maximum Gasteiger partial charge on any atom is 0.242 e. The van der Waals surface area contributed by atoms with Crippen molar-refractivity contribution in [1.29, 1.82) is 0 Å². The molecule has 0 aliphatic heterocycles. The highest BCUT2D eigenvalue weighted by atomic mass is 16.6. The molecule has 17 nitrogen and oxygen atoms in total. The zero-order chi connectivity index (χ0) is 39.6. The van der Waals surface area contributed by atoms with Gasteiger partial charge >= 0.3 is 0 Å². The summed E-state index contributed by atoms with van der Waals surface area (Å²) in [4.78, 5) is 38.3. The second kappa shape index (κ2) is 80.0. The minimum absolute atomic E-state index is 0. The maximum atomic E-state index is 13.0. The molecule has 0 aliphatic rings. The molecular weight excluding hydrogens is 853 g/mol. The fourth-order valence-corrected chi connectivity index (χ4v) is 4.34. The predicted molar refractivity (Wildman–Crippen MR) is 284 cm³/mol. The van der Waals surface area contributed by atoms with Crippen LogP contribution in [0.2, 0.25) is 0 Å². The maximum absolute atomic E-state index is 13.0. The Hall–Kier alpha value is -2.03. The Morgan fingerprint density at radius 3 is 1.18 bits per heavy atom. The Balaban J connectivity index is -0.000000213. The molecule has 0 aromatic rings.